The second-order valence-electron chi connectivity index (χ2n) is 2.19. The first-order valence-electron chi connectivity index (χ1n) is 3.15. The molecule has 0 bridgehead atoms. The van der Waals surface area contributed by atoms with Crippen molar-refractivity contribution in [1.82, 2.24) is 5.32 Å². The summed E-state index contributed by atoms with van der Waals surface area (Å²) in [7, 11) is 1.98. The van der Waals surface area contributed by atoms with E-state index in [9.17, 15) is 0 Å². The number of rotatable bonds is 2. The van der Waals surface area contributed by atoms with Crippen LogP contribution in [0.5, 0.6) is 0 Å². The monoisotopic (exact) mass is 267 g/mol. The summed E-state index contributed by atoms with van der Waals surface area (Å²) in [6.07, 6.45) is 0. The van der Waals surface area contributed by atoms with Gasteiger partial charge in [-0.25, -0.2) is 0 Å². The molecule has 56 valence electrons. The maximum Gasteiger partial charge on any atom is 0.0656 e. The van der Waals surface area contributed by atoms with Crippen LogP contribution in [0.15, 0.2) is 11.4 Å². The highest BCUT2D eigenvalue weighted by molar-refractivity contribution is 14.1. The SMILES string of the molecule is CNC(C)c1csc(I)c1. The quantitative estimate of drug-likeness (QED) is 0.812. The Kier molecular flexibility index (Phi) is 3.13. The number of thiophene rings is 1. The van der Waals surface area contributed by atoms with Gasteiger partial charge in [0, 0.05) is 6.04 Å². The van der Waals surface area contributed by atoms with Crippen molar-refractivity contribution >= 4 is 33.9 Å². The Hall–Kier alpha value is 0.390. The summed E-state index contributed by atoms with van der Waals surface area (Å²) in [4.78, 5) is 0. The van der Waals surface area contributed by atoms with E-state index in [4.69, 9.17) is 0 Å². The van der Waals surface area contributed by atoms with Gasteiger partial charge in [0.05, 0.1) is 2.88 Å². The van der Waals surface area contributed by atoms with E-state index in [1.807, 2.05) is 7.05 Å². The maximum absolute atomic E-state index is 3.20. The van der Waals surface area contributed by atoms with Gasteiger partial charge in [-0.3, -0.25) is 0 Å². The lowest BCUT2D eigenvalue weighted by Crippen LogP contribution is -2.10. The number of hydrogen-bond acceptors (Lipinski definition) is 2. The van der Waals surface area contributed by atoms with E-state index in [1.165, 1.54) is 8.45 Å². The molecule has 0 aromatic carbocycles. The summed E-state index contributed by atoms with van der Waals surface area (Å²) in [6.45, 7) is 2.16. The van der Waals surface area contributed by atoms with Crippen LogP contribution in [0.1, 0.15) is 18.5 Å². The average molecular weight is 267 g/mol. The van der Waals surface area contributed by atoms with Gasteiger partial charge in [-0.15, -0.1) is 11.3 Å². The molecule has 0 radical (unpaired) electrons. The van der Waals surface area contributed by atoms with Gasteiger partial charge in [-0.2, -0.15) is 0 Å². The minimum atomic E-state index is 0.486. The van der Waals surface area contributed by atoms with Crippen molar-refractivity contribution in [3.8, 4) is 0 Å². The van der Waals surface area contributed by atoms with Gasteiger partial charge in [-0.1, -0.05) is 0 Å². The molecule has 0 amide bonds. The maximum atomic E-state index is 3.20. The topological polar surface area (TPSA) is 12.0 Å². The van der Waals surface area contributed by atoms with Gasteiger partial charge >= 0.3 is 0 Å². The minimum absolute atomic E-state index is 0.486. The molecule has 1 atom stereocenters. The summed E-state index contributed by atoms with van der Waals surface area (Å²) >= 11 is 4.14. The van der Waals surface area contributed by atoms with E-state index in [-0.39, 0.29) is 0 Å². The molecular formula is C7H10INS. The highest BCUT2D eigenvalue weighted by Gasteiger charge is 2.02. The third-order valence-electron chi connectivity index (χ3n) is 1.52. The number of hydrogen-bond donors (Lipinski definition) is 1. The molecule has 0 saturated carbocycles. The zero-order valence-electron chi connectivity index (χ0n) is 6.02. The van der Waals surface area contributed by atoms with E-state index < -0.39 is 0 Å². The normalized spacial score (nSPS) is 13.5. The zero-order valence-corrected chi connectivity index (χ0v) is 8.99. The second-order valence-corrected chi connectivity index (χ2v) is 5.00. The van der Waals surface area contributed by atoms with Gasteiger partial charge in [0.1, 0.15) is 0 Å². The van der Waals surface area contributed by atoms with Crippen LogP contribution in [0.3, 0.4) is 0 Å². The fourth-order valence-corrected chi connectivity index (χ4v) is 2.18. The molecule has 1 aromatic rings. The average Bonchev–Trinajstić information content (AvgIpc) is 2.34. The predicted octanol–water partition coefficient (Wildman–Crippen LogP) is 2.63. The fourth-order valence-electron chi connectivity index (χ4n) is 0.717. The highest BCUT2D eigenvalue weighted by atomic mass is 127. The third kappa shape index (κ3) is 1.93. The largest absolute Gasteiger partial charge is 0.313 e. The van der Waals surface area contributed by atoms with Crippen molar-refractivity contribution in [2.45, 2.75) is 13.0 Å². The molecule has 10 heavy (non-hydrogen) atoms. The van der Waals surface area contributed by atoms with Crippen LogP contribution in [-0.4, -0.2) is 7.05 Å². The summed E-state index contributed by atoms with van der Waals surface area (Å²) < 4.78 is 1.36. The Morgan fingerprint density at radius 1 is 1.70 bits per heavy atom. The van der Waals surface area contributed by atoms with Crippen LogP contribution in [0.25, 0.3) is 0 Å². The Morgan fingerprint density at radius 2 is 2.40 bits per heavy atom. The standard InChI is InChI=1S/C7H10INS/c1-5(9-2)6-3-7(8)10-4-6/h3-5,9H,1-2H3. The van der Waals surface area contributed by atoms with E-state index >= 15 is 0 Å². The first-order valence-corrected chi connectivity index (χ1v) is 5.11. The minimum Gasteiger partial charge on any atom is -0.313 e. The van der Waals surface area contributed by atoms with Crippen LogP contribution < -0.4 is 5.32 Å². The van der Waals surface area contributed by atoms with E-state index in [1.54, 1.807) is 11.3 Å². The van der Waals surface area contributed by atoms with Crippen molar-refractivity contribution in [1.29, 1.82) is 0 Å². The lowest BCUT2D eigenvalue weighted by atomic mass is 10.2. The lowest BCUT2D eigenvalue weighted by Gasteiger charge is -2.05. The molecular weight excluding hydrogens is 257 g/mol. The molecule has 1 N–H and O–H groups in total. The van der Waals surface area contributed by atoms with Gasteiger partial charge in [0.2, 0.25) is 0 Å². The Morgan fingerprint density at radius 3 is 2.80 bits per heavy atom. The van der Waals surface area contributed by atoms with Crippen LogP contribution >= 0.6 is 33.9 Å². The van der Waals surface area contributed by atoms with Crippen molar-refractivity contribution in [2.24, 2.45) is 0 Å². The van der Waals surface area contributed by atoms with E-state index in [0.29, 0.717) is 6.04 Å². The molecule has 0 spiro atoms. The van der Waals surface area contributed by atoms with Crippen LogP contribution in [0, 0.1) is 2.88 Å². The summed E-state index contributed by atoms with van der Waals surface area (Å²) in [5, 5.41) is 5.40. The highest BCUT2D eigenvalue weighted by Crippen LogP contribution is 2.21. The lowest BCUT2D eigenvalue weighted by molar-refractivity contribution is 0.654. The van der Waals surface area contributed by atoms with E-state index in [2.05, 4.69) is 46.3 Å². The molecule has 1 nitrogen and oxygen atoms in total. The molecule has 1 aromatic heterocycles. The molecule has 3 heteroatoms. The molecule has 1 heterocycles. The Labute approximate surface area is 79.0 Å². The van der Waals surface area contributed by atoms with Crippen LogP contribution in [0.4, 0.5) is 0 Å². The summed E-state index contributed by atoms with van der Waals surface area (Å²) in [5.74, 6) is 0. The van der Waals surface area contributed by atoms with Gasteiger partial charge < -0.3 is 5.32 Å². The molecule has 1 unspecified atom stereocenters. The molecule has 0 fully saturated rings. The molecule has 1 rings (SSSR count). The van der Waals surface area contributed by atoms with Crippen molar-refractivity contribution < 1.29 is 0 Å². The third-order valence-corrected chi connectivity index (χ3v) is 3.33. The first-order chi connectivity index (χ1) is 4.74. The first kappa shape index (κ1) is 8.49. The molecule has 0 saturated heterocycles. The van der Waals surface area contributed by atoms with Gasteiger partial charge in [0.25, 0.3) is 0 Å². The molecule has 0 aliphatic carbocycles. The van der Waals surface area contributed by atoms with Crippen LogP contribution in [-0.2, 0) is 0 Å². The molecule has 0 aliphatic heterocycles. The number of halogens is 1. The van der Waals surface area contributed by atoms with Crippen molar-refractivity contribution in [3.05, 3.63) is 19.9 Å². The predicted molar refractivity (Wildman–Crippen MR) is 54.5 cm³/mol. The van der Waals surface area contributed by atoms with Gasteiger partial charge in [0.15, 0.2) is 0 Å². The second kappa shape index (κ2) is 3.69. The zero-order chi connectivity index (χ0) is 7.56. The van der Waals surface area contributed by atoms with Crippen LogP contribution in [0.2, 0.25) is 0 Å². The summed E-state index contributed by atoms with van der Waals surface area (Å²) in [6, 6.07) is 2.70. The smallest absolute Gasteiger partial charge is 0.0656 e. The Balaban J connectivity index is 2.74. The fraction of sp³-hybridized carbons (Fsp3) is 0.429. The van der Waals surface area contributed by atoms with Crippen molar-refractivity contribution in [2.75, 3.05) is 7.05 Å². The van der Waals surface area contributed by atoms with Crippen molar-refractivity contribution in [3.63, 3.8) is 0 Å². The van der Waals surface area contributed by atoms with Gasteiger partial charge in [-0.05, 0) is 53.6 Å². The molecule has 0 aliphatic rings. The number of nitrogens with one attached hydrogen (secondary N) is 1. The van der Waals surface area contributed by atoms with E-state index in [0.717, 1.165) is 0 Å². The summed E-state index contributed by atoms with van der Waals surface area (Å²) in [5.41, 5.74) is 1.39. The Bertz CT molecular complexity index is 209.